The van der Waals surface area contributed by atoms with E-state index in [1.54, 1.807) is 30.3 Å². The van der Waals surface area contributed by atoms with Crippen LogP contribution in [0.3, 0.4) is 0 Å². The minimum Gasteiger partial charge on any atom is -0.493 e. The molecule has 0 radical (unpaired) electrons. The minimum absolute atomic E-state index is 0.155. The van der Waals surface area contributed by atoms with E-state index < -0.39 is 10.8 Å². The van der Waals surface area contributed by atoms with Crippen LogP contribution in [0, 0.1) is 10.1 Å². The van der Waals surface area contributed by atoms with Crippen LogP contribution in [0.15, 0.2) is 66.0 Å². The predicted octanol–water partition coefficient (Wildman–Crippen LogP) is 5.10. The van der Waals surface area contributed by atoms with Crippen molar-refractivity contribution in [3.63, 3.8) is 0 Å². The molecular formula is C21H16N4O5S. The Morgan fingerprint density at radius 1 is 1.13 bits per heavy atom. The lowest BCUT2D eigenvalue weighted by Crippen LogP contribution is -2.12. The Balaban J connectivity index is 1.59. The first-order chi connectivity index (χ1) is 15.0. The highest BCUT2D eigenvalue weighted by Crippen LogP contribution is 2.34. The van der Waals surface area contributed by atoms with Gasteiger partial charge in [-0.25, -0.2) is 0 Å². The Bertz CT molecular complexity index is 1240. The van der Waals surface area contributed by atoms with Gasteiger partial charge in [-0.05, 0) is 29.6 Å². The summed E-state index contributed by atoms with van der Waals surface area (Å²) in [5.41, 5.74) is 0.829. The number of para-hydroxylation sites is 2. The number of aromatic nitrogens is 2. The molecule has 1 amide bonds. The lowest BCUT2D eigenvalue weighted by Gasteiger charge is -2.11. The lowest BCUT2D eigenvalue weighted by molar-refractivity contribution is -0.384. The van der Waals surface area contributed by atoms with E-state index in [0.717, 1.165) is 4.88 Å². The molecule has 4 rings (SSSR count). The molecule has 0 aliphatic carbocycles. The summed E-state index contributed by atoms with van der Waals surface area (Å²) in [4.78, 5) is 24.4. The van der Waals surface area contributed by atoms with Crippen molar-refractivity contribution in [3.05, 3.63) is 81.9 Å². The topological polar surface area (TPSA) is 119 Å². The normalized spacial score (nSPS) is 10.5. The predicted molar refractivity (Wildman–Crippen MR) is 116 cm³/mol. The summed E-state index contributed by atoms with van der Waals surface area (Å²) >= 11 is 1.51. The summed E-state index contributed by atoms with van der Waals surface area (Å²) in [6, 6.07) is 16.3. The van der Waals surface area contributed by atoms with Gasteiger partial charge in [0.25, 0.3) is 11.6 Å². The molecule has 31 heavy (non-hydrogen) atoms. The number of nitro benzene ring substituents is 1. The maximum atomic E-state index is 12.6. The Labute approximate surface area is 180 Å². The van der Waals surface area contributed by atoms with E-state index in [2.05, 4.69) is 15.5 Å². The number of ether oxygens (including phenoxy) is 2. The van der Waals surface area contributed by atoms with Crippen LogP contribution in [-0.2, 0) is 0 Å². The van der Waals surface area contributed by atoms with Crippen LogP contribution in [0.4, 0.5) is 11.4 Å². The number of nitrogens with zero attached hydrogens (tertiary/aromatic N) is 2. The number of aromatic amines is 1. The summed E-state index contributed by atoms with van der Waals surface area (Å²) in [7, 11) is 1.50. The minimum atomic E-state index is -0.561. The first kappa shape index (κ1) is 20.1. The standard InChI is InChI=1S/C21H16N4O5S/c1-29-18-5-2-3-6-19(18)30-15-10-13(9-14(11-15)25(27)28)22-21(26)17-12-16(23-24-17)20-7-4-8-31-20/h2-12H,1H3,(H,22,26)(H,23,24). The van der Waals surface area contributed by atoms with Gasteiger partial charge >= 0.3 is 0 Å². The molecule has 0 fully saturated rings. The van der Waals surface area contributed by atoms with Crippen molar-refractivity contribution < 1.29 is 19.2 Å². The molecule has 2 N–H and O–H groups in total. The number of rotatable bonds is 7. The summed E-state index contributed by atoms with van der Waals surface area (Å²) in [6.45, 7) is 0. The number of methoxy groups -OCH3 is 1. The van der Waals surface area contributed by atoms with Gasteiger partial charge in [-0.2, -0.15) is 5.10 Å². The van der Waals surface area contributed by atoms with Crippen molar-refractivity contribution in [2.75, 3.05) is 12.4 Å². The first-order valence-electron chi connectivity index (χ1n) is 9.04. The molecule has 156 valence electrons. The zero-order chi connectivity index (χ0) is 21.8. The molecule has 4 aromatic rings. The zero-order valence-corrected chi connectivity index (χ0v) is 17.0. The second-order valence-electron chi connectivity index (χ2n) is 6.32. The van der Waals surface area contributed by atoms with E-state index in [1.165, 1.54) is 36.6 Å². The largest absolute Gasteiger partial charge is 0.493 e. The molecule has 0 saturated carbocycles. The molecule has 2 aromatic heterocycles. The van der Waals surface area contributed by atoms with Gasteiger partial charge in [0.05, 0.1) is 34.4 Å². The van der Waals surface area contributed by atoms with E-state index in [-0.39, 0.29) is 22.8 Å². The van der Waals surface area contributed by atoms with Gasteiger partial charge in [0, 0.05) is 12.1 Å². The number of hydrogen-bond acceptors (Lipinski definition) is 7. The second-order valence-corrected chi connectivity index (χ2v) is 7.27. The van der Waals surface area contributed by atoms with Crippen LogP contribution >= 0.6 is 11.3 Å². The number of hydrogen-bond donors (Lipinski definition) is 2. The number of H-pyrrole nitrogens is 1. The van der Waals surface area contributed by atoms with Gasteiger partial charge in [0.15, 0.2) is 17.2 Å². The van der Waals surface area contributed by atoms with Crippen LogP contribution in [0.5, 0.6) is 17.2 Å². The maximum absolute atomic E-state index is 12.6. The molecule has 0 aliphatic rings. The van der Waals surface area contributed by atoms with Crippen molar-refractivity contribution in [2.24, 2.45) is 0 Å². The Morgan fingerprint density at radius 3 is 2.65 bits per heavy atom. The van der Waals surface area contributed by atoms with Gasteiger partial charge in [-0.15, -0.1) is 11.3 Å². The third-order valence-electron chi connectivity index (χ3n) is 4.25. The van der Waals surface area contributed by atoms with Crippen LogP contribution in [0.25, 0.3) is 10.6 Å². The van der Waals surface area contributed by atoms with Crippen LogP contribution in [0.2, 0.25) is 0 Å². The quantitative estimate of drug-likeness (QED) is 0.307. The first-order valence-corrected chi connectivity index (χ1v) is 9.92. The number of carbonyl (C=O) groups excluding carboxylic acids is 1. The number of anilines is 1. The Kier molecular flexibility index (Phi) is 5.63. The van der Waals surface area contributed by atoms with Crippen molar-refractivity contribution in [1.82, 2.24) is 10.2 Å². The lowest BCUT2D eigenvalue weighted by atomic mass is 10.2. The number of non-ortho nitro benzene ring substituents is 1. The molecule has 0 unspecified atom stereocenters. The van der Waals surface area contributed by atoms with Crippen LogP contribution in [0.1, 0.15) is 10.5 Å². The maximum Gasteiger partial charge on any atom is 0.276 e. The molecular weight excluding hydrogens is 420 g/mol. The summed E-state index contributed by atoms with van der Waals surface area (Å²) in [6.07, 6.45) is 0. The highest BCUT2D eigenvalue weighted by atomic mass is 32.1. The third kappa shape index (κ3) is 4.54. The molecule has 0 atom stereocenters. The van der Waals surface area contributed by atoms with E-state index in [1.807, 2.05) is 17.5 Å². The van der Waals surface area contributed by atoms with E-state index in [0.29, 0.717) is 17.2 Å². The Hall–Kier alpha value is -4.18. The number of amides is 1. The third-order valence-corrected chi connectivity index (χ3v) is 5.16. The van der Waals surface area contributed by atoms with Crippen molar-refractivity contribution in [1.29, 1.82) is 0 Å². The number of thiophene rings is 1. The highest BCUT2D eigenvalue weighted by molar-refractivity contribution is 7.13. The SMILES string of the molecule is COc1ccccc1Oc1cc(NC(=O)c2cc(-c3cccs3)[nH]n2)cc([N+](=O)[O-])c1. The average Bonchev–Trinajstić information content (AvgIpc) is 3.46. The fourth-order valence-corrected chi connectivity index (χ4v) is 3.53. The number of nitrogens with one attached hydrogen (secondary N) is 2. The molecule has 2 heterocycles. The molecule has 10 heteroatoms. The van der Waals surface area contributed by atoms with Gasteiger partial charge in [-0.3, -0.25) is 20.0 Å². The van der Waals surface area contributed by atoms with E-state index >= 15 is 0 Å². The Morgan fingerprint density at radius 2 is 1.94 bits per heavy atom. The molecule has 0 spiro atoms. The van der Waals surface area contributed by atoms with Crippen molar-refractivity contribution in [2.45, 2.75) is 0 Å². The monoisotopic (exact) mass is 436 g/mol. The van der Waals surface area contributed by atoms with Gasteiger partial charge < -0.3 is 14.8 Å². The van der Waals surface area contributed by atoms with Gasteiger partial charge in [0.2, 0.25) is 0 Å². The van der Waals surface area contributed by atoms with E-state index in [4.69, 9.17) is 9.47 Å². The van der Waals surface area contributed by atoms with Gasteiger partial charge in [-0.1, -0.05) is 18.2 Å². The average molecular weight is 436 g/mol. The molecule has 2 aromatic carbocycles. The molecule has 0 saturated heterocycles. The molecule has 9 nitrogen and oxygen atoms in total. The molecule has 0 bridgehead atoms. The highest BCUT2D eigenvalue weighted by Gasteiger charge is 2.17. The van der Waals surface area contributed by atoms with Crippen LogP contribution < -0.4 is 14.8 Å². The number of benzene rings is 2. The fraction of sp³-hybridized carbons (Fsp3) is 0.0476. The van der Waals surface area contributed by atoms with Crippen LogP contribution in [-0.4, -0.2) is 28.1 Å². The van der Waals surface area contributed by atoms with Gasteiger partial charge in [0.1, 0.15) is 5.75 Å². The number of nitro groups is 1. The van der Waals surface area contributed by atoms with Crippen molar-refractivity contribution in [3.8, 4) is 27.8 Å². The smallest absolute Gasteiger partial charge is 0.276 e. The summed E-state index contributed by atoms with van der Waals surface area (Å²) in [5, 5.41) is 22.8. The fourth-order valence-electron chi connectivity index (χ4n) is 2.84. The molecule has 0 aliphatic heterocycles. The second kappa shape index (κ2) is 8.67. The van der Waals surface area contributed by atoms with Crippen molar-refractivity contribution >= 4 is 28.6 Å². The van der Waals surface area contributed by atoms with E-state index in [9.17, 15) is 14.9 Å². The zero-order valence-electron chi connectivity index (χ0n) is 16.2. The summed E-state index contributed by atoms with van der Waals surface area (Å²) in [5.74, 6) is 0.519. The number of carbonyl (C=O) groups is 1. The summed E-state index contributed by atoms with van der Waals surface area (Å²) < 4.78 is 11.0.